The lowest BCUT2D eigenvalue weighted by molar-refractivity contribution is 0.427. The molecule has 1 aliphatic carbocycles. The highest BCUT2D eigenvalue weighted by atomic mass is 35.5. The van der Waals surface area contributed by atoms with Gasteiger partial charge in [0.1, 0.15) is 4.90 Å². The summed E-state index contributed by atoms with van der Waals surface area (Å²) in [5.41, 5.74) is 6.96. The number of aryl methyl sites for hydroxylation is 1. The van der Waals surface area contributed by atoms with Crippen molar-refractivity contribution >= 4 is 21.6 Å². The van der Waals surface area contributed by atoms with Crippen LogP contribution in [0.2, 0.25) is 5.02 Å². The molecule has 1 aromatic carbocycles. The summed E-state index contributed by atoms with van der Waals surface area (Å²) in [5, 5.41) is 0.289. The van der Waals surface area contributed by atoms with Gasteiger partial charge in [-0.25, -0.2) is 8.42 Å². The molecule has 0 aromatic heterocycles. The normalized spacial score (nSPS) is 30.6. The summed E-state index contributed by atoms with van der Waals surface area (Å²) in [7, 11) is -3.51. The predicted octanol–water partition coefficient (Wildman–Crippen LogP) is 2.01. The van der Waals surface area contributed by atoms with Crippen LogP contribution >= 0.6 is 11.6 Å². The summed E-state index contributed by atoms with van der Waals surface area (Å²) in [5.74, 6) is 0.705. The summed E-state index contributed by atoms with van der Waals surface area (Å²) in [6, 6.07) is 5.24. The molecule has 2 N–H and O–H groups in total. The van der Waals surface area contributed by atoms with Crippen LogP contribution in [0.15, 0.2) is 23.1 Å². The van der Waals surface area contributed by atoms with Crippen LogP contribution in [-0.4, -0.2) is 31.9 Å². The van der Waals surface area contributed by atoms with E-state index in [-0.39, 0.29) is 16.0 Å². The van der Waals surface area contributed by atoms with Gasteiger partial charge in [0.15, 0.2) is 0 Å². The summed E-state index contributed by atoms with van der Waals surface area (Å²) < 4.78 is 27.0. The minimum absolute atomic E-state index is 0.133. The van der Waals surface area contributed by atoms with Crippen molar-refractivity contribution in [1.82, 2.24) is 4.31 Å². The van der Waals surface area contributed by atoms with E-state index >= 15 is 0 Å². The van der Waals surface area contributed by atoms with Crippen LogP contribution in [-0.2, 0) is 10.0 Å². The zero-order chi connectivity index (χ0) is 14.5. The van der Waals surface area contributed by atoms with Gasteiger partial charge < -0.3 is 5.73 Å². The molecule has 110 valence electrons. The minimum Gasteiger partial charge on any atom is -0.327 e. The summed E-state index contributed by atoms with van der Waals surface area (Å²) in [6.07, 6.45) is 2.04. The second-order valence-electron chi connectivity index (χ2n) is 5.92. The lowest BCUT2D eigenvalue weighted by Crippen LogP contribution is -2.33. The molecule has 6 heteroatoms. The number of benzene rings is 1. The second-order valence-corrected chi connectivity index (χ2v) is 8.23. The van der Waals surface area contributed by atoms with E-state index in [1.54, 1.807) is 16.4 Å². The zero-order valence-electron chi connectivity index (χ0n) is 11.4. The van der Waals surface area contributed by atoms with Gasteiger partial charge in [-0.1, -0.05) is 17.7 Å². The van der Waals surface area contributed by atoms with Crippen molar-refractivity contribution in [2.24, 2.45) is 17.6 Å². The highest BCUT2D eigenvalue weighted by Gasteiger charge is 2.45. The third-order valence-electron chi connectivity index (χ3n) is 4.58. The molecule has 2 fully saturated rings. The van der Waals surface area contributed by atoms with Crippen molar-refractivity contribution in [1.29, 1.82) is 0 Å². The molecule has 0 bridgehead atoms. The third kappa shape index (κ3) is 2.26. The van der Waals surface area contributed by atoms with E-state index in [0.717, 1.165) is 18.4 Å². The largest absolute Gasteiger partial charge is 0.327 e. The van der Waals surface area contributed by atoms with Crippen molar-refractivity contribution in [2.45, 2.75) is 30.7 Å². The maximum atomic E-state index is 12.7. The fraction of sp³-hybridized carbons (Fsp3) is 0.571. The number of sulfonamides is 1. The number of nitrogens with zero attached hydrogens (tertiary/aromatic N) is 1. The van der Waals surface area contributed by atoms with Gasteiger partial charge in [-0.15, -0.1) is 0 Å². The van der Waals surface area contributed by atoms with E-state index in [4.69, 9.17) is 17.3 Å². The topological polar surface area (TPSA) is 63.4 Å². The van der Waals surface area contributed by atoms with Crippen LogP contribution in [0.5, 0.6) is 0 Å². The highest BCUT2D eigenvalue weighted by Crippen LogP contribution is 2.40. The van der Waals surface area contributed by atoms with Gasteiger partial charge in [-0.3, -0.25) is 0 Å². The molecule has 1 saturated carbocycles. The first-order chi connectivity index (χ1) is 9.39. The quantitative estimate of drug-likeness (QED) is 0.908. The second kappa shape index (κ2) is 4.98. The highest BCUT2D eigenvalue weighted by molar-refractivity contribution is 7.89. The van der Waals surface area contributed by atoms with Gasteiger partial charge >= 0.3 is 0 Å². The Balaban J connectivity index is 1.92. The van der Waals surface area contributed by atoms with Crippen LogP contribution in [0.4, 0.5) is 0 Å². The Hall–Kier alpha value is -0.620. The number of hydrogen-bond acceptors (Lipinski definition) is 3. The molecule has 20 heavy (non-hydrogen) atoms. The lowest BCUT2D eigenvalue weighted by atomic mass is 9.98. The van der Waals surface area contributed by atoms with Gasteiger partial charge in [0.25, 0.3) is 0 Å². The van der Waals surface area contributed by atoms with Crippen LogP contribution < -0.4 is 5.73 Å². The maximum Gasteiger partial charge on any atom is 0.244 e. The Morgan fingerprint density at radius 2 is 2.05 bits per heavy atom. The minimum atomic E-state index is -3.51. The first-order valence-corrected chi connectivity index (χ1v) is 8.73. The predicted molar refractivity (Wildman–Crippen MR) is 79.1 cm³/mol. The van der Waals surface area contributed by atoms with E-state index < -0.39 is 10.0 Å². The standard InChI is InChI=1S/C14H19ClN2O2S/c1-9-2-4-12(15)14(6-9)20(18,19)17-7-10-3-5-13(16)11(10)8-17/h2,4,6,10-11,13H,3,5,7-8,16H2,1H3. The molecule has 1 aromatic rings. The first kappa shape index (κ1) is 14.3. The summed E-state index contributed by atoms with van der Waals surface area (Å²) >= 11 is 6.08. The van der Waals surface area contributed by atoms with Crippen molar-refractivity contribution in [2.75, 3.05) is 13.1 Å². The molecule has 3 atom stereocenters. The number of hydrogen-bond donors (Lipinski definition) is 1. The first-order valence-electron chi connectivity index (χ1n) is 6.91. The van der Waals surface area contributed by atoms with Gasteiger partial charge in [-0.2, -0.15) is 4.31 Å². The third-order valence-corrected chi connectivity index (χ3v) is 6.90. The molecule has 1 saturated heterocycles. The average Bonchev–Trinajstić information content (AvgIpc) is 2.95. The number of rotatable bonds is 2. The Morgan fingerprint density at radius 1 is 1.30 bits per heavy atom. The molecule has 4 nitrogen and oxygen atoms in total. The van der Waals surface area contributed by atoms with E-state index in [2.05, 4.69) is 0 Å². The molecule has 0 spiro atoms. The van der Waals surface area contributed by atoms with Gasteiger partial charge in [0.05, 0.1) is 5.02 Å². The molecule has 0 amide bonds. The molecule has 3 rings (SSSR count). The van der Waals surface area contributed by atoms with E-state index in [1.165, 1.54) is 0 Å². The molecule has 0 radical (unpaired) electrons. The van der Waals surface area contributed by atoms with Crippen LogP contribution in [0, 0.1) is 18.8 Å². The van der Waals surface area contributed by atoms with Gasteiger partial charge in [-0.05, 0) is 49.3 Å². The van der Waals surface area contributed by atoms with E-state index in [1.807, 2.05) is 13.0 Å². The SMILES string of the molecule is Cc1ccc(Cl)c(S(=O)(=O)N2CC3CCC(N)C3C2)c1. The lowest BCUT2D eigenvalue weighted by Gasteiger charge is -2.19. The zero-order valence-corrected chi connectivity index (χ0v) is 13.0. The Morgan fingerprint density at radius 3 is 2.75 bits per heavy atom. The van der Waals surface area contributed by atoms with Crippen molar-refractivity contribution in [3.8, 4) is 0 Å². The van der Waals surface area contributed by atoms with Crippen molar-refractivity contribution in [3.63, 3.8) is 0 Å². The number of halogens is 1. The van der Waals surface area contributed by atoms with Crippen LogP contribution in [0.1, 0.15) is 18.4 Å². The fourth-order valence-electron chi connectivity index (χ4n) is 3.41. The molecule has 2 aliphatic rings. The average molecular weight is 315 g/mol. The molecule has 3 unspecified atom stereocenters. The van der Waals surface area contributed by atoms with Gasteiger partial charge in [0, 0.05) is 19.1 Å². The monoisotopic (exact) mass is 314 g/mol. The molecule has 1 heterocycles. The van der Waals surface area contributed by atoms with Crippen molar-refractivity contribution < 1.29 is 8.42 Å². The molecular formula is C14H19ClN2O2S. The Labute approximate surface area is 125 Å². The van der Waals surface area contributed by atoms with E-state index in [0.29, 0.717) is 24.9 Å². The van der Waals surface area contributed by atoms with Crippen LogP contribution in [0.3, 0.4) is 0 Å². The van der Waals surface area contributed by atoms with Gasteiger partial charge in [0.2, 0.25) is 10.0 Å². The summed E-state index contributed by atoms with van der Waals surface area (Å²) in [4.78, 5) is 0.215. The number of fused-ring (bicyclic) bond motifs is 1. The van der Waals surface area contributed by atoms with E-state index in [9.17, 15) is 8.42 Å². The van der Waals surface area contributed by atoms with Crippen LogP contribution in [0.25, 0.3) is 0 Å². The van der Waals surface area contributed by atoms with Crippen molar-refractivity contribution in [3.05, 3.63) is 28.8 Å². The summed E-state index contributed by atoms with van der Waals surface area (Å²) in [6.45, 7) is 2.97. The maximum absolute atomic E-state index is 12.7. The number of nitrogens with two attached hydrogens (primary N) is 1. The molecular weight excluding hydrogens is 296 g/mol. The molecule has 1 aliphatic heterocycles. The smallest absolute Gasteiger partial charge is 0.244 e. The fourth-order valence-corrected chi connectivity index (χ4v) is 5.50. The Bertz CT molecular complexity index is 632. The Kier molecular flexibility index (Phi) is 3.57.